The summed E-state index contributed by atoms with van der Waals surface area (Å²) in [6.45, 7) is 5.38. The minimum absolute atomic E-state index is 0.0554. The van der Waals surface area contributed by atoms with Crippen LogP contribution in [-0.2, 0) is 16.4 Å². The van der Waals surface area contributed by atoms with Crippen molar-refractivity contribution in [2.45, 2.75) is 32.1 Å². The third kappa shape index (κ3) is 2.64. The largest absolute Gasteiger partial charge is 0.338 e. The second-order valence-corrected chi connectivity index (χ2v) is 7.49. The number of hydrogen-bond acceptors (Lipinski definition) is 3. The molecule has 0 N–H and O–H groups in total. The van der Waals surface area contributed by atoms with Crippen LogP contribution in [0.5, 0.6) is 0 Å². The quantitative estimate of drug-likeness (QED) is 0.805. The number of aromatic nitrogens is 1. The summed E-state index contributed by atoms with van der Waals surface area (Å²) in [5, 5.41) is 8.78. The molecule has 0 aromatic carbocycles. The van der Waals surface area contributed by atoms with Gasteiger partial charge in [0.25, 0.3) is 0 Å². The number of rotatable bonds is 3. The van der Waals surface area contributed by atoms with E-state index in [4.69, 9.17) is 5.26 Å². The fourth-order valence-corrected chi connectivity index (χ4v) is 2.28. The first-order valence-corrected chi connectivity index (χ1v) is 6.71. The van der Waals surface area contributed by atoms with Crippen LogP contribution in [-0.4, -0.2) is 23.5 Å². The second-order valence-electron chi connectivity index (χ2n) is 4.63. The molecule has 0 bridgehead atoms. The zero-order chi connectivity index (χ0) is 12.4. The van der Waals surface area contributed by atoms with Gasteiger partial charge in [-0.15, -0.1) is 0 Å². The standard InChI is InChI=1S/C11H16N2O2S/c1-11(2,3)16(14,15)8-7-13-6-4-5-10(13)9-12/h4-6H,7-8H2,1-3H3. The van der Waals surface area contributed by atoms with E-state index in [0.717, 1.165) is 0 Å². The molecule has 4 nitrogen and oxygen atoms in total. The van der Waals surface area contributed by atoms with Crippen LogP contribution in [0.4, 0.5) is 0 Å². The molecule has 0 unspecified atom stereocenters. The predicted molar refractivity (Wildman–Crippen MR) is 62.7 cm³/mol. The number of nitriles is 1. The lowest BCUT2D eigenvalue weighted by Gasteiger charge is -2.19. The van der Waals surface area contributed by atoms with Crippen LogP contribution in [0.25, 0.3) is 0 Å². The number of nitrogens with zero attached hydrogens (tertiary/aromatic N) is 2. The van der Waals surface area contributed by atoms with Gasteiger partial charge in [-0.3, -0.25) is 0 Å². The molecule has 1 rings (SSSR count). The molecule has 0 atom stereocenters. The van der Waals surface area contributed by atoms with Crippen LogP contribution in [0.1, 0.15) is 26.5 Å². The van der Waals surface area contributed by atoms with E-state index in [-0.39, 0.29) is 5.75 Å². The van der Waals surface area contributed by atoms with E-state index in [1.807, 2.05) is 6.07 Å². The molecule has 0 spiro atoms. The van der Waals surface area contributed by atoms with Crippen molar-refractivity contribution in [3.05, 3.63) is 24.0 Å². The highest BCUT2D eigenvalue weighted by atomic mass is 32.2. The maximum absolute atomic E-state index is 11.9. The summed E-state index contributed by atoms with van der Waals surface area (Å²) in [5.74, 6) is 0.0554. The Morgan fingerprint density at radius 1 is 1.44 bits per heavy atom. The summed E-state index contributed by atoms with van der Waals surface area (Å²) < 4.78 is 24.6. The van der Waals surface area contributed by atoms with E-state index in [1.54, 1.807) is 43.7 Å². The molecule has 1 heterocycles. The van der Waals surface area contributed by atoms with Crippen molar-refractivity contribution in [3.63, 3.8) is 0 Å². The monoisotopic (exact) mass is 240 g/mol. The Kier molecular flexibility index (Phi) is 3.44. The fraction of sp³-hybridized carbons (Fsp3) is 0.545. The van der Waals surface area contributed by atoms with Crippen LogP contribution in [0, 0.1) is 11.3 Å². The van der Waals surface area contributed by atoms with Crippen LogP contribution in [0.3, 0.4) is 0 Å². The van der Waals surface area contributed by atoms with E-state index < -0.39 is 14.6 Å². The van der Waals surface area contributed by atoms with Gasteiger partial charge in [0.1, 0.15) is 11.8 Å². The number of sulfone groups is 1. The summed E-state index contributed by atoms with van der Waals surface area (Å²) in [6.07, 6.45) is 1.72. The summed E-state index contributed by atoms with van der Waals surface area (Å²) in [5.41, 5.74) is 0.490. The van der Waals surface area contributed by atoms with Gasteiger partial charge in [-0.2, -0.15) is 5.26 Å². The third-order valence-electron chi connectivity index (χ3n) is 2.48. The molecular weight excluding hydrogens is 224 g/mol. The first-order chi connectivity index (χ1) is 7.28. The minimum Gasteiger partial charge on any atom is -0.338 e. The third-order valence-corrected chi connectivity index (χ3v) is 5.06. The summed E-state index contributed by atoms with van der Waals surface area (Å²) >= 11 is 0. The number of hydrogen-bond donors (Lipinski definition) is 0. The van der Waals surface area contributed by atoms with Gasteiger partial charge in [-0.1, -0.05) is 0 Å². The average Bonchev–Trinajstić information content (AvgIpc) is 2.60. The van der Waals surface area contributed by atoms with Gasteiger partial charge in [0.15, 0.2) is 9.84 Å². The average molecular weight is 240 g/mol. The lowest BCUT2D eigenvalue weighted by molar-refractivity contribution is 0.553. The Hall–Kier alpha value is -1.28. The molecule has 5 heteroatoms. The van der Waals surface area contributed by atoms with Gasteiger partial charge in [-0.05, 0) is 32.9 Å². The Labute approximate surface area is 96.4 Å². The van der Waals surface area contributed by atoms with Gasteiger partial charge >= 0.3 is 0 Å². The van der Waals surface area contributed by atoms with Crippen molar-refractivity contribution >= 4 is 9.84 Å². The fourth-order valence-electron chi connectivity index (χ4n) is 1.24. The molecule has 0 saturated heterocycles. The van der Waals surface area contributed by atoms with Crippen molar-refractivity contribution in [2.75, 3.05) is 5.75 Å². The molecule has 0 saturated carbocycles. The highest BCUT2D eigenvalue weighted by Crippen LogP contribution is 2.16. The summed E-state index contributed by atoms with van der Waals surface area (Å²) in [6, 6.07) is 5.43. The molecular formula is C11H16N2O2S. The topological polar surface area (TPSA) is 62.9 Å². The van der Waals surface area contributed by atoms with Crippen molar-refractivity contribution < 1.29 is 8.42 Å². The van der Waals surface area contributed by atoms with Crippen molar-refractivity contribution in [1.29, 1.82) is 5.26 Å². The Morgan fingerprint density at radius 3 is 2.56 bits per heavy atom. The highest BCUT2D eigenvalue weighted by Gasteiger charge is 2.28. The predicted octanol–water partition coefficient (Wildman–Crippen LogP) is 1.57. The summed E-state index contributed by atoms with van der Waals surface area (Å²) in [4.78, 5) is 0. The Bertz CT molecular complexity index is 501. The molecule has 88 valence electrons. The van der Waals surface area contributed by atoms with E-state index in [2.05, 4.69) is 0 Å². The maximum Gasteiger partial charge on any atom is 0.156 e. The second kappa shape index (κ2) is 4.30. The van der Waals surface area contributed by atoms with Gasteiger partial charge in [-0.25, -0.2) is 8.42 Å². The van der Waals surface area contributed by atoms with E-state index in [1.165, 1.54) is 0 Å². The molecule has 1 aromatic rings. The van der Waals surface area contributed by atoms with E-state index in [0.29, 0.717) is 12.2 Å². The molecule has 0 aliphatic heterocycles. The van der Waals surface area contributed by atoms with Crippen LogP contribution in [0.2, 0.25) is 0 Å². The van der Waals surface area contributed by atoms with E-state index in [9.17, 15) is 8.42 Å². The van der Waals surface area contributed by atoms with Gasteiger partial charge in [0.05, 0.1) is 10.5 Å². The molecule has 0 aliphatic rings. The molecule has 0 fully saturated rings. The number of aryl methyl sites for hydroxylation is 1. The molecule has 0 amide bonds. The van der Waals surface area contributed by atoms with Crippen molar-refractivity contribution in [3.8, 4) is 6.07 Å². The van der Waals surface area contributed by atoms with E-state index >= 15 is 0 Å². The Morgan fingerprint density at radius 2 is 2.06 bits per heavy atom. The van der Waals surface area contributed by atoms with Gasteiger partial charge in [0, 0.05) is 12.7 Å². The normalized spacial score (nSPS) is 12.4. The maximum atomic E-state index is 11.9. The summed E-state index contributed by atoms with van der Waals surface area (Å²) in [7, 11) is -3.13. The van der Waals surface area contributed by atoms with Crippen LogP contribution >= 0.6 is 0 Å². The van der Waals surface area contributed by atoms with Crippen molar-refractivity contribution in [1.82, 2.24) is 4.57 Å². The van der Waals surface area contributed by atoms with Crippen LogP contribution in [0.15, 0.2) is 18.3 Å². The smallest absolute Gasteiger partial charge is 0.156 e. The minimum atomic E-state index is -3.13. The first kappa shape index (κ1) is 12.8. The lowest BCUT2D eigenvalue weighted by Crippen LogP contribution is -2.32. The molecule has 16 heavy (non-hydrogen) atoms. The zero-order valence-electron chi connectivity index (χ0n) is 9.77. The van der Waals surface area contributed by atoms with Crippen LogP contribution < -0.4 is 0 Å². The zero-order valence-corrected chi connectivity index (χ0v) is 10.6. The first-order valence-electron chi connectivity index (χ1n) is 5.05. The van der Waals surface area contributed by atoms with Gasteiger partial charge < -0.3 is 4.57 Å². The van der Waals surface area contributed by atoms with Gasteiger partial charge in [0.2, 0.25) is 0 Å². The highest BCUT2D eigenvalue weighted by molar-refractivity contribution is 7.92. The lowest BCUT2D eigenvalue weighted by atomic mass is 10.3. The molecule has 0 aliphatic carbocycles. The van der Waals surface area contributed by atoms with Crippen molar-refractivity contribution in [2.24, 2.45) is 0 Å². The SMILES string of the molecule is CC(C)(C)S(=O)(=O)CCn1cccc1C#N. The Balaban J connectivity index is 2.78. The molecule has 1 aromatic heterocycles. The molecule has 0 radical (unpaired) electrons.